The molecule has 1 aliphatic carbocycles. The van der Waals surface area contributed by atoms with E-state index in [-0.39, 0.29) is 0 Å². The number of aromatic hydroxyl groups is 2. The lowest BCUT2D eigenvalue weighted by Gasteiger charge is -2.34. The predicted molar refractivity (Wildman–Crippen MR) is 92.2 cm³/mol. The molecule has 0 saturated carbocycles. The first kappa shape index (κ1) is 14.8. The average Bonchev–Trinajstić information content (AvgIpc) is 3.09. The number of aromatic nitrogens is 2. The number of nitrogens with zero attached hydrogens (tertiary/aromatic N) is 2. The number of hydrogen-bond donors (Lipinski definition) is 2. The van der Waals surface area contributed by atoms with Crippen molar-refractivity contribution in [2.24, 2.45) is 0 Å². The Morgan fingerprint density at radius 3 is 2.58 bits per heavy atom. The van der Waals surface area contributed by atoms with Crippen LogP contribution in [0.5, 0.6) is 11.5 Å². The molecule has 0 spiro atoms. The van der Waals surface area contributed by atoms with Gasteiger partial charge < -0.3 is 14.8 Å². The van der Waals surface area contributed by atoms with Gasteiger partial charge in [0.1, 0.15) is 11.5 Å². The highest BCUT2D eigenvalue weighted by Gasteiger charge is 2.31. The zero-order valence-electron chi connectivity index (χ0n) is 13.3. The predicted octanol–water partition coefficient (Wildman–Crippen LogP) is 3.81. The third kappa shape index (κ3) is 2.75. The van der Waals surface area contributed by atoms with Gasteiger partial charge >= 0.3 is 0 Å². The molecule has 24 heavy (non-hydrogen) atoms. The molecule has 3 aromatic rings. The van der Waals surface area contributed by atoms with Crippen LogP contribution in [0.2, 0.25) is 0 Å². The van der Waals surface area contributed by atoms with Crippen LogP contribution in [0.4, 0.5) is 0 Å². The van der Waals surface area contributed by atoms with Crippen molar-refractivity contribution < 1.29 is 10.2 Å². The first-order valence-corrected chi connectivity index (χ1v) is 8.27. The van der Waals surface area contributed by atoms with Gasteiger partial charge in [-0.25, -0.2) is 4.98 Å². The Labute approximate surface area is 141 Å². The Hall–Kier alpha value is -2.75. The van der Waals surface area contributed by atoms with E-state index in [0.29, 0.717) is 23.3 Å². The molecule has 2 aromatic carbocycles. The number of phenolic OH excluding ortho intramolecular Hbond substituents is 2. The van der Waals surface area contributed by atoms with Crippen LogP contribution in [0.3, 0.4) is 0 Å². The maximum atomic E-state index is 9.80. The summed E-state index contributed by atoms with van der Waals surface area (Å²) >= 11 is 0. The van der Waals surface area contributed by atoms with E-state index in [1.807, 2.05) is 30.7 Å². The molecule has 0 radical (unpaired) electrons. The second-order valence-electron chi connectivity index (χ2n) is 6.49. The van der Waals surface area contributed by atoms with Crippen LogP contribution in [-0.2, 0) is 13.0 Å². The molecule has 4 nitrogen and oxygen atoms in total. The minimum absolute atomic E-state index is 0.297. The van der Waals surface area contributed by atoms with E-state index in [1.54, 1.807) is 24.4 Å². The molecule has 0 aliphatic heterocycles. The number of phenols is 2. The molecule has 0 saturated heterocycles. The molecule has 0 amide bonds. The van der Waals surface area contributed by atoms with Crippen molar-refractivity contribution in [2.75, 3.05) is 0 Å². The van der Waals surface area contributed by atoms with Gasteiger partial charge in [-0.1, -0.05) is 18.2 Å². The van der Waals surface area contributed by atoms with Gasteiger partial charge in [0.25, 0.3) is 0 Å². The van der Waals surface area contributed by atoms with Crippen molar-refractivity contribution in [1.29, 1.82) is 0 Å². The summed E-state index contributed by atoms with van der Waals surface area (Å²) in [7, 11) is 0. The lowest BCUT2D eigenvalue weighted by atomic mass is 9.72. The van der Waals surface area contributed by atoms with Gasteiger partial charge in [-0.15, -0.1) is 0 Å². The Balaban J connectivity index is 1.75. The number of fused-ring (bicyclic) bond motifs is 1. The van der Waals surface area contributed by atoms with Crippen LogP contribution in [0.1, 0.15) is 34.9 Å². The second kappa shape index (κ2) is 6.04. The molecule has 2 N–H and O–H groups in total. The Morgan fingerprint density at radius 2 is 1.83 bits per heavy atom. The third-order valence-electron chi connectivity index (χ3n) is 5.02. The van der Waals surface area contributed by atoms with Gasteiger partial charge in [-0.2, -0.15) is 0 Å². The largest absolute Gasteiger partial charge is 0.508 e. The van der Waals surface area contributed by atoms with Crippen LogP contribution in [0, 0.1) is 0 Å². The molecule has 122 valence electrons. The van der Waals surface area contributed by atoms with E-state index in [1.165, 1.54) is 16.7 Å². The highest BCUT2D eigenvalue weighted by molar-refractivity contribution is 5.42. The van der Waals surface area contributed by atoms with Crippen LogP contribution >= 0.6 is 0 Å². The van der Waals surface area contributed by atoms with Crippen molar-refractivity contribution in [2.45, 2.75) is 31.2 Å². The van der Waals surface area contributed by atoms with E-state index in [4.69, 9.17) is 0 Å². The minimum Gasteiger partial charge on any atom is -0.508 e. The number of imidazole rings is 1. The average molecular weight is 320 g/mol. The van der Waals surface area contributed by atoms with Gasteiger partial charge in [0.05, 0.1) is 6.33 Å². The van der Waals surface area contributed by atoms with Crippen LogP contribution < -0.4 is 0 Å². The summed E-state index contributed by atoms with van der Waals surface area (Å²) in [6.45, 7) is 0.851. The summed E-state index contributed by atoms with van der Waals surface area (Å²) in [4.78, 5) is 4.16. The standard InChI is InChI=1S/C20H20N2O2/c23-16-4-1-14(2-5-16)18-7-3-15-11-17(24)6-8-19(15)20(18)12-22-10-9-21-13-22/h1-2,4-6,8-11,13,18,20,23-24H,3,7,12H2/t18-,20+/m0/s1. The lowest BCUT2D eigenvalue weighted by Crippen LogP contribution is -2.23. The summed E-state index contributed by atoms with van der Waals surface area (Å²) in [6, 6.07) is 13.3. The number of hydrogen-bond acceptors (Lipinski definition) is 3. The second-order valence-corrected chi connectivity index (χ2v) is 6.49. The fraction of sp³-hybridized carbons (Fsp3) is 0.250. The number of aryl methyl sites for hydroxylation is 1. The fourth-order valence-electron chi connectivity index (χ4n) is 3.87. The summed E-state index contributed by atoms with van der Waals surface area (Å²) in [5, 5.41) is 19.4. The first-order valence-electron chi connectivity index (χ1n) is 8.27. The van der Waals surface area contributed by atoms with E-state index < -0.39 is 0 Å². The summed E-state index contributed by atoms with van der Waals surface area (Å²) in [5.74, 6) is 1.32. The summed E-state index contributed by atoms with van der Waals surface area (Å²) in [6.07, 6.45) is 7.62. The maximum absolute atomic E-state index is 9.80. The van der Waals surface area contributed by atoms with Crippen LogP contribution in [0.25, 0.3) is 0 Å². The molecule has 1 aromatic heterocycles. The van der Waals surface area contributed by atoms with Gasteiger partial charge in [-0.3, -0.25) is 0 Å². The smallest absolute Gasteiger partial charge is 0.115 e. The summed E-state index contributed by atoms with van der Waals surface area (Å²) < 4.78 is 2.11. The Kier molecular flexibility index (Phi) is 3.73. The summed E-state index contributed by atoms with van der Waals surface area (Å²) in [5.41, 5.74) is 3.78. The van der Waals surface area contributed by atoms with Gasteiger partial charge in [0.2, 0.25) is 0 Å². The van der Waals surface area contributed by atoms with Crippen molar-refractivity contribution >= 4 is 0 Å². The van der Waals surface area contributed by atoms with Crippen molar-refractivity contribution in [3.63, 3.8) is 0 Å². The van der Waals surface area contributed by atoms with Gasteiger partial charge in [0.15, 0.2) is 0 Å². The molecule has 0 bridgehead atoms. The molecule has 0 unspecified atom stereocenters. The van der Waals surface area contributed by atoms with Crippen LogP contribution in [-0.4, -0.2) is 19.8 Å². The molecule has 4 heteroatoms. The zero-order valence-corrected chi connectivity index (χ0v) is 13.3. The van der Waals surface area contributed by atoms with Crippen molar-refractivity contribution in [1.82, 2.24) is 9.55 Å². The molecule has 0 fully saturated rings. The molecule has 2 atom stereocenters. The fourth-order valence-corrected chi connectivity index (χ4v) is 3.87. The lowest BCUT2D eigenvalue weighted by molar-refractivity contribution is 0.418. The zero-order chi connectivity index (χ0) is 16.5. The van der Waals surface area contributed by atoms with Gasteiger partial charge in [-0.05, 0) is 59.7 Å². The number of benzene rings is 2. The maximum Gasteiger partial charge on any atom is 0.115 e. The van der Waals surface area contributed by atoms with Crippen molar-refractivity contribution in [3.05, 3.63) is 77.9 Å². The molecular weight excluding hydrogens is 300 g/mol. The van der Waals surface area contributed by atoms with Crippen LogP contribution in [0.15, 0.2) is 61.2 Å². The van der Waals surface area contributed by atoms with E-state index in [9.17, 15) is 10.2 Å². The quantitative estimate of drug-likeness (QED) is 0.771. The van der Waals surface area contributed by atoms with E-state index in [2.05, 4.69) is 15.6 Å². The first-order chi connectivity index (χ1) is 11.7. The highest BCUT2D eigenvalue weighted by Crippen LogP contribution is 2.44. The Bertz CT molecular complexity index is 825. The SMILES string of the molecule is Oc1ccc([C@@H]2CCc3cc(O)ccc3[C@@H]2Cn2ccnc2)cc1. The number of rotatable bonds is 3. The van der Waals surface area contributed by atoms with Crippen molar-refractivity contribution in [3.8, 4) is 11.5 Å². The van der Waals surface area contributed by atoms with Gasteiger partial charge in [0, 0.05) is 24.9 Å². The molecule has 1 heterocycles. The third-order valence-corrected chi connectivity index (χ3v) is 5.02. The molecule has 4 rings (SSSR count). The van der Waals surface area contributed by atoms with E-state index >= 15 is 0 Å². The normalized spacial score (nSPS) is 19.8. The monoisotopic (exact) mass is 320 g/mol. The highest BCUT2D eigenvalue weighted by atomic mass is 16.3. The molecular formula is C20H20N2O2. The Morgan fingerprint density at radius 1 is 1.04 bits per heavy atom. The topological polar surface area (TPSA) is 58.3 Å². The van der Waals surface area contributed by atoms with E-state index in [0.717, 1.165) is 19.4 Å². The minimum atomic E-state index is 0.297. The molecule has 1 aliphatic rings.